The van der Waals surface area contributed by atoms with Gasteiger partial charge >= 0.3 is 5.97 Å². The van der Waals surface area contributed by atoms with Gasteiger partial charge in [0.15, 0.2) is 0 Å². The number of nitrogens with two attached hydrogens (primary N) is 1. The standard InChI is InChI=1S/C10H16N4O2/c1-10(2,11)6-14-9-12-4-7(5-13-9)8(15)16-3/h4-5H,6,11H2,1-3H3,(H,12,13,14). The molecule has 0 fully saturated rings. The van der Waals surface area contributed by atoms with Gasteiger partial charge in [-0.3, -0.25) is 0 Å². The lowest BCUT2D eigenvalue weighted by molar-refractivity contribution is 0.0600. The van der Waals surface area contributed by atoms with E-state index in [-0.39, 0.29) is 5.54 Å². The Labute approximate surface area is 94.2 Å². The molecule has 0 unspecified atom stereocenters. The molecule has 0 saturated carbocycles. The zero-order chi connectivity index (χ0) is 12.2. The van der Waals surface area contributed by atoms with Gasteiger partial charge in [0.1, 0.15) is 0 Å². The molecule has 0 saturated heterocycles. The Morgan fingerprint density at radius 2 is 2.06 bits per heavy atom. The van der Waals surface area contributed by atoms with E-state index in [1.807, 2.05) is 13.8 Å². The Morgan fingerprint density at radius 1 is 1.50 bits per heavy atom. The second-order valence-electron chi connectivity index (χ2n) is 4.13. The number of esters is 1. The van der Waals surface area contributed by atoms with E-state index in [2.05, 4.69) is 20.0 Å². The maximum absolute atomic E-state index is 11.1. The summed E-state index contributed by atoms with van der Waals surface area (Å²) in [4.78, 5) is 19.0. The molecule has 0 bridgehead atoms. The number of carbonyl (C=O) groups is 1. The summed E-state index contributed by atoms with van der Waals surface area (Å²) in [5, 5.41) is 2.97. The molecule has 1 aromatic heterocycles. The predicted octanol–water partition coefficient (Wildman–Crippen LogP) is 0.412. The van der Waals surface area contributed by atoms with Crippen LogP contribution in [0.15, 0.2) is 12.4 Å². The van der Waals surface area contributed by atoms with E-state index < -0.39 is 5.97 Å². The van der Waals surface area contributed by atoms with Gasteiger partial charge in [-0.25, -0.2) is 14.8 Å². The van der Waals surface area contributed by atoms with Crippen molar-refractivity contribution in [3.8, 4) is 0 Å². The second kappa shape index (κ2) is 4.89. The van der Waals surface area contributed by atoms with Gasteiger partial charge in [-0.2, -0.15) is 0 Å². The van der Waals surface area contributed by atoms with Gasteiger partial charge in [0, 0.05) is 24.5 Å². The number of aromatic nitrogens is 2. The average Bonchev–Trinajstić information content (AvgIpc) is 2.25. The fourth-order valence-corrected chi connectivity index (χ4v) is 0.949. The molecular formula is C10H16N4O2. The first-order chi connectivity index (χ1) is 7.42. The van der Waals surface area contributed by atoms with E-state index in [1.165, 1.54) is 19.5 Å². The van der Waals surface area contributed by atoms with Gasteiger partial charge in [0.25, 0.3) is 0 Å². The van der Waals surface area contributed by atoms with Gasteiger partial charge in [0.05, 0.1) is 12.7 Å². The number of rotatable bonds is 4. The number of nitrogens with zero attached hydrogens (tertiary/aromatic N) is 2. The Hall–Kier alpha value is -1.69. The zero-order valence-corrected chi connectivity index (χ0v) is 9.65. The molecule has 0 atom stereocenters. The minimum absolute atomic E-state index is 0.319. The van der Waals surface area contributed by atoms with Crippen LogP contribution in [-0.2, 0) is 4.74 Å². The number of methoxy groups -OCH3 is 1. The van der Waals surface area contributed by atoms with Crippen LogP contribution in [0, 0.1) is 0 Å². The highest BCUT2D eigenvalue weighted by molar-refractivity contribution is 5.88. The predicted molar refractivity (Wildman–Crippen MR) is 60.1 cm³/mol. The Kier molecular flexibility index (Phi) is 3.78. The van der Waals surface area contributed by atoms with Crippen molar-refractivity contribution in [3.63, 3.8) is 0 Å². The number of hydrogen-bond acceptors (Lipinski definition) is 6. The Bertz CT molecular complexity index is 356. The molecule has 1 heterocycles. The third-order valence-corrected chi connectivity index (χ3v) is 1.78. The van der Waals surface area contributed by atoms with Crippen LogP contribution in [0.5, 0.6) is 0 Å². The van der Waals surface area contributed by atoms with Crippen molar-refractivity contribution in [2.45, 2.75) is 19.4 Å². The first-order valence-corrected chi connectivity index (χ1v) is 4.85. The van der Waals surface area contributed by atoms with E-state index in [1.54, 1.807) is 0 Å². The highest BCUT2D eigenvalue weighted by atomic mass is 16.5. The van der Waals surface area contributed by atoms with Crippen molar-refractivity contribution in [1.29, 1.82) is 0 Å². The van der Waals surface area contributed by atoms with Crippen LogP contribution in [-0.4, -0.2) is 35.1 Å². The molecule has 0 aliphatic rings. The third-order valence-electron chi connectivity index (χ3n) is 1.78. The lowest BCUT2D eigenvalue weighted by atomic mass is 10.1. The maximum atomic E-state index is 11.1. The van der Waals surface area contributed by atoms with Crippen molar-refractivity contribution in [1.82, 2.24) is 9.97 Å². The molecule has 0 aromatic carbocycles. The second-order valence-corrected chi connectivity index (χ2v) is 4.13. The van der Waals surface area contributed by atoms with E-state index in [9.17, 15) is 4.79 Å². The quantitative estimate of drug-likeness (QED) is 0.720. The molecule has 1 aromatic rings. The maximum Gasteiger partial charge on any atom is 0.341 e. The molecular weight excluding hydrogens is 208 g/mol. The largest absolute Gasteiger partial charge is 0.465 e. The van der Waals surface area contributed by atoms with E-state index in [0.717, 1.165) is 0 Å². The molecule has 0 spiro atoms. The minimum Gasteiger partial charge on any atom is -0.465 e. The minimum atomic E-state index is -0.453. The summed E-state index contributed by atoms with van der Waals surface area (Å²) in [7, 11) is 1.31. The van der Waals surface area contributed by atoms with Crippen LogP contribution in [0.4, 0.5) is 5.95 Å². The summed E-state index contributed by atoms with van der Waals surface area (Å²) in [6.07, 6.45) is 2.81. The monoisotopic (exact) mass is 224 g/mol. The molecule has 1 rings (SSSR count). The molecule has 0 radical (unpaired) electrons. The van der Waals surface area contributed by atoms with Gasteiger partial charge in [0.2, 0.25) is 5.95 Å². The highest BCUT2D eigenvalue weighted by Crippen LogP contribution is 2.03. The molecule has 16 heavy (non-hydrogen) atoms. The number of hydrogen-bond donors (Lipinski definition) is 2. The Balaban J connectivity index is 2.62. The summed E-state index contributed by atoms with van der Waals surface area (Å²) in [6.45, 7) is 4.33. The summed E-state index contributed by atoms with van der Waals surface area (Å²) in [5.74, 6) is -0.0168. The summed E-state index contributed by atoms with van der Waals surface area (Å²) < 4.78 is 4.53. The molecule has 0 aliphatic carbocycles. The van der Waals surface area contributed by atoms with Crippen molar-refractivity contribution < 1.29 is 9.53 Å². The third kappa shape index (κ3) is 3.82. The summed E-state index contributed by atoms with van der Waals surface area (Å²) in [6, 6.07) is 0. The smallest absolute Gasteiger partial charge is 0.341 e. The van der Waals surface area contributed by atoms with Crippen LogP contribution < -0.4 is 11.1 Å². The van der Waals surface area contributed by atoms with Crippen LogP contribution in [0.1, 0.15) is 24.2 Å². The summed E-state index contributed by atoms with van der Waals surface area (Å²) in [5.41, 5.74) is 5.77. The lowest BCUT2D eigenvalue weighted by Crippen LogP contribution is -2.39. The topological polar surface area (TPSA) is 90.1 Å². The molecule has 0 aliphatic heterocycles. The van der Waals surface area contributed by atoms with Crippen molar-refractivity contribution >= 4 is 11.9 Å². The first kappa shape index (κ1) is 12.4. The SMILES string of the molecule is COC(=O)c1cnc(NCC(C)(C)N)nc1. The number of ether oxygens (including phenoxy) is 1. The van der Waals surface area contributed by atoms with Crippen molar-refractivity contribution in [3.05, 3.63) is 18.0 Å². The van der Waals surface area contributed by atoms with Gasteiger partial charge in [-0.05, 0) is 13.8 Å². The fraction of sp³-hybridized carbons (Fsp3) is 0.500. The van der Waals surface area contributed by atoms with E-state index >= 15 is 0 Å². The van der Waals surface area contributed by atoms with Crippen LogP contribution in [0.3, 0.4) is 0 Å². The highest BCUT2D eigenvalue weighted by Gasteiger charge is 2.11. The van der Waals surface area contributed by atoms with Crippen LogP contribution >= 0.6 is 0 Å². The zero-order valence-electron chi connectivity index (χ0n) is 9.65. The molecule has 0 amide bonds. The molecule has 3 N–H and O–H groups in total. The van der Waals surface area contributed by atoms with Crippen molar-refractivity contribution in [2.24, 2.45) is 5.73 Å². The van der Waals surface area contributed by atoms with Gasteiger partial charge < -0.3 is 15.8 Å². The molecule has 88 valence electrons. The molecule has 6 nitrogen and oxygen atoms in total. The average molecular weight is 224 g/mol. The van der Waals surface area contributed by atoms with E-state index in [0.29, 0.717) is 18.1 Å². The van der Waals surface area contributed by atoms with Crippen LogP contribution in [0.2, 0.25) is 0 Å². The number of carbonyl (C=O) groups excluding carboxylic acids is 1. The molecule has 6 heteroatoms. The van der Waals surface area contributed by atoms with Gasteiger partial charge in [-0.15, -0.1) is 0 Å². The normalized spacial score (nSPS) is 11.0. The Morgan fingerprint density at radius 3 is 2.50 bits per heavy atom. The van der Waals surface area contributed by atoms with Crippen molar-refractivity contribution in [2.75, 3.05) is 19.0 Å². The lowest BCUT2D eigenvalue weighted by Gasteiger charge is -2.18. The fourth-order valence-electron chi connectivity index (χ4n) is 0.949. The number of nitrogens with one attached hydrogen (secondary N) is 1. The van der Waals surface area contributed by atoms with Gasteiger partial charge in [-0.1, -0.05) is 0 Å². The first-order valence-electron chi connectivity index (χ1n) is 4.85. The van der Waals surface area contributed by atoms with Crippen LogP contribution in [0.25, 0.3) is 0 Å². The van der Waals surface area contributed by atoms with E-state index in [4.69, 9.17) is 5.73 Å². The summed E-state index contributed by atoms with van der Waals surface area (Å²) >= 11 is 0. The number of anilines is 1.